The molecular weight excluding hydrogens is 132 g/mol. The molecule has 9 heavy (non-hydrogen) atoms. The largest absolute Gasteiger partial charge is 0.325 e. The third-order valence-corrected chi connectivity index (χ3v) is 1.65. The van der Waals surface area contributed by atoms with Crippen LogP contribution in [0.4, 0.5) is 0 Å². The molecule has 0 amide bonds. The maximum Gasteiger partial charge on any atom is 0.0852 e. The number of allylic oxidation sites excluding steroid dienone is 1. The van der Waals surface area contributed by atoms with Gasteiger partial charge in [-0.2, -0.15) is 0 Å². The van der Waals surface area contributed by atoms with E-state index in [4.69, 9.17) is 5.73 Å². The Morgan fingerprint density at radius 3 is 2.44 bits per heavy atom. The van der Waals surface area contributed by atoms with Crippen molar-refractivity contribution in [3.63, 3.8) is 0 Å². The highest BCUT2D eigenvalue weighted by atomic mass is 32.2. The Balaban J connectivity index is 3.71. The number of hydrogen-bond acceptors (Lipinski definition) is 3. The summed E-state index contributed by atoms with van der Waals surface area (Å²) in [4.78, 5) is 4.97. The van der Waals surface area contributed by atoms with E-state index < -0.39 is 0 Å². The number of rotatable bonds is 2. The summed E-state index contributed by atoms with van der Waals surface area (Å²) in [6, 6.07) is 0. The number of thioether (sulfide) groups is 1. The molecule has 0 aromatic rings. The number of nitrogens with two attached hydrogens (primary N) is 1. The Hall–Kier alpha value is -0.280. The molecule has 0 radical (unpaired) electrons. The Labute approximate surface area is 60.2 Å². The van der Waals surface area contributed by atoms with Crippen LogP contribution in [0.2, 0.25) is 0 Å². The fourth-order valence-electron chi connectivity index (χ4n) is 0.380. The van der Waals surface area contributed by atoms with Gasteiger partial charge >= 0.3 is 0 Å². The highest BCUT2D eigenvalue weighted by Crippen LogP contribution is 2.12. The molecule has 0 fully saturated rings. The molecule has 0 aromatic carbocycles. The van der Waals surface area contributed by atoms with Crippen LogP contribution in [0.1, 0.15) is 6.92 Å². The van der Waals surface area contributed by atoms with Gasteiger partial charge in [-0.05, 0) is 11.8 Å². The van der Waals surface area contributed by atoms with Crippen LogP contribution in [0, 0.1) is 0 Å². The Morgan fingerprint density at radius 1 is 1.78 bits per heavy atom. The van der Waals surface area contributed by atoms with Crippen LogP contribution < -0.4 is 5.73 Å². The van der Waals surface area contributed by atoms with Crippen LogP contribution in [0.5, 0.6) is 0 Å². The highest BCUT2D eigenvalue weighted by Gasteiger charge is 1.93. The van der Waals surface area contributed by atoms with Crippen molar-refractivity contribution in [2.75, 3.05) is 13.6 Å². The Bertz CT molecular complexity index is 129. The molecule has 0 aliphatic heterocycles. The molecule has 2 nitrogen and oxygen atoms in total. The van der Waals surface area contributed by atoms with Crippen LogP contribution in [0.15, 0.2) is 16.5 Å². The zero-order valence-electron chi connectivity index (χ0n) is 5.85. The number of nitrogens with zero attached hydrogens (tertiary/aromatic N) is 1. The van der Waals surface area contributed by atoms with Gasteiger partial charge in [0.2, 0.25) is 0 Å². The van der Waals surface area contributed by atoms with Gasteiger partial charge in [-0.15, -0.1) is 0 Å². The molecule has 3 heteroatoms. The van der Waals surface area contributed by atoms with Crippen LogP contribution in [-0.4, -0.2) is 18.6 Å². The summed E-state index contributed by atoms with van der Waals surface area (Å²) in [7, 11) is 1.73. The van der Waals surface area contributed by atoms with Crippen molar-refractivity contribution in [2.45, 2.75) is 6.92 Å². The van der Waals surface area contributed by atoms with Gasteiger partial charge in [0.1, 0.15) is 0 Å². The van der Waals surface area contributed by atoms with Crippen molar-refractivity contribution in [1.82, 2.24) is 0 Å². The average molecular weight is 144 g/mol. The minimum absolute atomic E-state index is 0.508. The molecule has 0 heterocycles. The summed E-state index contributed by atoms with van der Waals surface area (Å²) in [6.45, 7) is 6.16. The van der Waals surface area contributed by atoms with Crippen molar-refractivity contribution in [1.29, 1.82) is 0 Å². The van der Waals surface area contributed by atoms with E-state index in [2.05, 4.69) is 11.6 Å². The third-order valence-electron chi connectivity index (χ3n) is 0.716. The van der Waals surface area contributed by atoms with Gasteiger partial charge in [0.15, 0.2) is 0 Å². The SMILES string of the molecule is C=C(C)S/C(CN)=N\C. The lowest BCUT2D eigenvalue weighted by Gasteiger charge is -1.98. The second kappa shape index (κ2) is 4.58. The average Bonchev–Trinajstić information content (AvgIpc) is 1.82. The normalized spacial score (nSPS) is 11.7. The molecule has 0 spiro atoms. The maximum atomic E-state index is 5.34. The minimum atomic E-state index is 0.508. The molecule has 0 saturated carbocycles. The fourth-order valence-corrected chi connectivity index (χ4v) is 0.957. The molecule has 0 saturated heterocycles. The topological polar surface area (TPSA) is 38.4 Å². The lowest BCUT2D eigenvalue weighted by Crippen LogP contribution is -2.09. The van der Waals surface area contributed by atoms with E-state index in [0.717, 1.165) is 9.95 Å². The second-order valence-corrected chi connectivity index (χ2v) is 3.00. The van der Waals surface area contributed by atoms with E-state index in [0.29, 0.717) is 6.54 Å². The summed E-state index contributed by atoms with van der Waals surface area (Å²) < 4.78 is 0. The van der Waals surface area contributed by atoms with E-state index >= 15 is 0 Å². The van der Waals surface area contributed by atoms with Gasteiger partial charge in [0, 0.05) is 13.6 Å². The molecular formula is C6H12N2S. The molecule has 0 unspecified atom stereocenters. The molecule has 2 N–H and O–H groups in total. The minimum Gasteiger partial charge on any atom is -0.325 e. The first-order chi connectivity index (χ1) is 4.20. The smallest absolute Gasteiger partial charge is 0.0852 e. The molecule has 0 rings (SSSR count). The van der Waals surface area contributed by atoms with Crippen LogP contribution in [0.3, 0.4) is 0 Å². The van der Waals surface area contributed by atoms with Crippen molar-refractivity contribution in [3.05, 3.63) is 11.5 Å². The van der Waals surface area contributed by atoms with E-state index in [1.54, 1.807) is 7.05 Å². The van der Waals surface area contributed by atoms with E-state index in [-0.39, 0.29) is 0 Å². The molecule has 0 atom stereocenters. The predicted molar refractivity (Wildman–Crippen MR) is 44.8 cm³/mol. The van der Waals surface area contributed by atoms with Crippen molar-refractivity contribution < 1.29 is 0 Å². The van der Waals surface area contributed by atoms with Crippen LogP contribution in [-0.2, 0) is 0 Å². The number of aliphatic imine (C=N–C) groups is 1. The Morgan fingerprint density at radius 2 is 2.33 bits per heavy atom. The van der Waals surface area contributed by atoms with Crippen LogP contribution in [0.25, 0.3) is 0 Å². The number of hydrogen-bond donors (Lipinski definition) is 1. The quantitative estimate of drug-likeness (QED) is 0.468. The van der Waals surface area contributed by atoms with E-state index in [1.165, 1.54) is 11.8 Å². The summed E-state index contributed by atoms with van der Waals surface area (Å²) in [5.74, 6) is 0. The van der Waals surface area contributed by atoms with Crippen molar-refractivity contribution in [3.8, 4) is 0 Å². The predicted octanol–water partition coefficient (Wildman–Crippen LogP) is 1.24. The van der Waals surface area contributed by atoms with Gasteiger partial charge in [-0.1, -0.05) is 18.3 Å². The summed E-state index contributed by atoms with van der Waals surface area (Å²) >= 11 is 1.53. The summed E-state index contributed by atoms with van der Waals surface area (Å²) in [5, 5.41) is 0.933. The molecule has 52 valence electrons. The summed E-state index contributed by atoms with van der Waals surface area (Å²) in [5.41, 5.74) is 5.34. The zero-order chi connectivity index (χ0) is 7.28. The lowest BCUT2D eigenvalue weighted by atomic mass is 10.7. The Kier molecular flexibility index (Phi) is 4.44. The third kappa shape index (κ3) is 4.24. The maximum absolute atomic E-state index is 5.34. The molecule has 0 aliphatic rings. The standard InChI is InChI=1S/C6H12N2S/c1-5(2)9-6(4-7)8-3/h1,4,7H2,2-3H3/b8-6-. The van der Waals surface area contributed by atoms with Gasteiger partial charge in [0.05, 0.1) is 5.04 Å². The second-order valence-electron chi connectivity index (χ2n) is 1.63. The summed E-state index contributed by atoms with van der Waals surface area (Å²) in [6.07, 6.45) is 0. The monoisotopic (exact) mass is 144 g/mol. The molecule has 0 bridgehead atoms. The first-order valence-corrected chi connectivity index (χ1v) is 3.51. The van der Waals surface area contributed by atoms with Crippen molar-refractivity contribution in [2.24, 2.45) is 10.7 Å². The first kappa shape index (κ1) is 8.72. The fraction of sp³-hybridized carbons (Fsp3) is 0.500. The van der Waals surface area contributed by atoms with Crippen LogP contribution >= 0.6 is 11.8 Å². The van der Waals surface area contributed by atoms with Gasteiger partial charge in [-0.25, -0.2) is 0 Å². The van der Waals surface area contributed by atoms with E-state index in [1.807, 2.05) is 6.92 Å². The van der Waals surface area contributed by atoms with Gasteiger partial charge in [-0.3, -0.25) is 4.99 Å². The zero-order valence-corrected chi connectivity index (χ0v) is 6.66. The first-order valence-electron chi connectivity index (χ1n) is 2.69. The lowest BCUT2D eigenvalue weighted by molar-refractivity contribution is 1.30. The van der Waals surface area contributed by atoms with E-state index in [9.17, 15) is 0 Å². The van der Waals surface area contributed by atoms with Gasteiger partial charge < -0.3 is 5.73 Å². The molecule has 0 aliphatic carbocycles. The highest BCUT2D eigenvalue weighted by molar-refractivity contribution is 8.17. The van der Waals surface area contributed by atoms with Gasteiger partial charge in [0.25, 0.3) is 0 Å². The van der Waals surface area contributed by atoms with Crippen molar-refractivity contribution >= 4 is 16.8 Å². The molecule has 0 aromatic heterocycles.